The minimum Gasteiger partial charge on any atom is -0.465 e. The highest BCUT2D eigenvalue weighted by Gasteiger charge is 2.75. The maximum atomic E-state index is 14.6. The molecule has 2 aromatic rings. The molecule has 4 aliphatic heterocycles. The number of anilines is 1. The van der Waals surface area contributed by atoms with Crippen LogP contribution in [0.3, 0.4) is 0 Å². The first-order valence-electron chi connectivity index (χ1n) is 13.1. The van der Waals surface area contributed by atoms with Gasteiger partial charge in [-0.05, 0) is 31.0 Å². The third kappa shape index (κ3) is 3.84. The molecule has 0 aliphatic carbocycles. The van der Waals surface area contributed by atoms with E-state index in [1.54, 1.807) is 55.5 Å². The fourth-order valence-corrected chi connectivity index (χ4v) is 6.92. The Morgan fingerprint density at radius 2 is 1.74 bits per heavy atom. The molecule has 0 saturated carbocycles. The van der Waals surface area contributed by atoms with E-state index in [1.807, 2.05) is 30.4 Å². The number of fused-ring (bicyclic) bond motifs is 2. The summed E-state index contributed by atoms with van der Waals surface area (Å²) in [7, 11) is 0. The molecule has 2 fully saturated rings. The number of benzene rings is 2. The average Bonchev–Trinajstić information content (AvgIpc) is 3.24. The van der Waals surface area contributed by atoms with E-state index in [4.69, 9.17) is 21.1 Å². The highest BCUT2D eigenvalue weighted by molar-refractivity contribution is 6.34. The Bertz CT molecular complexity index is 1380. The maximum absolute atomic E-state index is 14.6. The number of aliphatic hydroxyl groups is 1. The molecule has 4 aliphatic rings. The molecule has 2 saturated heterocycles. The van der Waals surface area contributed by atoms with Gasteiger partial charge in [-0.1, -0.05) is 78.4 Å². The lowest BCUT2D eigenvalue weighted by Crippen LogP contribution is -2.57. The van der Waals surface area contributed by atoms with Crippen LogP contribution < -0.4 is 4.90 Å². The predicted molar refractivity (Wildman–Crippen MR) is 144 cm³/mol. The summed E-state index contributed by atoms with van der Waals surface area (Å²) in [6.07, 6.45) is 7.77. The van der Waals surface area contributed by atoms with E-state index < -0.39 is 59.5 Å². The SMILES string of the molecule is C[C@]12C=CCCOC(=O)[C@H]1[C@H]1C(=O)N([C@H](CO)c3ccccc3)C3C(=O)N(c4ccccc4Cl)CC=C[C@@]31O2. The zero-order valence-corrected chi connectivity index (χ0v) is 22.2. The Labute approximate surface area is 231 Å². The third-order valence-corrected chi connectivity index (χ3v) is 8.61. The van der Waals surface area contributed by atoms with Crippen molar-refractivity contribution in [2.45, 2.75) is 36.6 Å². The third-order valence-electron chi connectivity index (χ3n) is 8.29. The molecule has 1 spiro atoms. The molecular weight excluding hydrogens is 520 g/mol. The second-order valence-electron chi connectivity index (χ2n) is 10.5. The van der Waals surface area contributed by atoms with Crippen LogP contribution >= 0.6 is 11.6 Å². The van der Waals surface area contributed by atoms with Crippen LogP contribution in [0.1, 0.15) is 24.9 Å². The van der Waals surface area contributed by atoms with Crippen molar-refractivity contribution in [2.75, 3.05) is 24.7 Å². The van der Waals surface area contributed by atoms with Crippen molar-refractivity contribution in [3.8, 4) is 0 Å². The Hall–Kier alpha value is -3.46. The van der Waals surface area contributed by atoms with Gasteiger partial charge < -0.3 is 24.4 Å². The number of carbonyl (C=O) groups is 3. The quantitative estimate of drug-likeness (QED) is 0.464. The Morgan fingerprint density at radius 3 is 2.49 bits per heavy atom. The highest BCUT2D eigenvalue weighted by atomic mass is 35.5. The molecular formula is C30H29ClN2O6. The molecule has 0 radical (unpaired) electrons. The zero-order chi connectivity index (χ0) is 27.4. The summed E-state index contributed by atoms with van der Waals surface area (Å²) in [5.41, 5.74) is -1.49. The number of aliphatic hydroxyl groups excluding tert-OH is 1. The second kappa shape index (κ2) is 9.62. The summed E-state index contributed by atoms with van der Waals surface area (Å²) in [6.45, 7) is 1.72. The summed E-state index contributed by atoms with van der Waals surface area (Å²) in [4.78, 5) is 45.5. The van der Waals surface area contributed by atoms with Crippen molar-refractivity contribution in [1.82, 2.24) is 4.90 Å². The van der Waals surface area contributed by atoms with Crippen LogP contribution in [-0.4, -0.2) is 64.8 Å². The molecule has 0 bridgehead atoms. The number of rotatable bonds is 4. The molecule has 39 heavy (non-hydrogen) atoms. The van der Waals surface area contributed by atoms with E-state index in [0.29, 0.717) is 22.7 Å². The van der Waals surface area contributed by atoms with Crippen molar-refractivity contribution < 1.29 is 29.0 Å². The number of hydrogen-bond acceptors (Lipinski definition) is 6. The number of nitrogens with zero attached hydrogens (tertiary/aromatic N) is 2. The summed E-state index contributed by atoms with van der Waals surface area (Å²) < 4.78 is 12.3. The number of hydrogen-bond donors (Lipinski definition) is 1. The van der Waals surface area contributed by atoms with E-state index in [-0.39, 0.29) is 13.2 Å². The molecule has 8 nitrogen and oxygen atoms in total. The Balaban J connectivity index is 1.55. The van der Waals surface area contributed by atoms with Crippen LogP contribution in [-0.2, 0) is 23.9 Å². The standard InChI is InChI=1S/C30H29ClN2O6/c1-29-14-7-8-17-38-28(37)24(29)23-26(35)33(22(18-34)19-10-3-2-4-11-19)25-27(36)32(16-9-15-30(23,25)39-29)21-13-6-5-12-20(21)31/h2-7,9-15,22-25,34H,8,16-18H2,1H3/t22-,23+,24-,25?,29+,30+/m1/s1. The fraction of sp³-hybridized carbons (Fsp3) is 0.367. The van der Waals surface area contributed by atoms with E-state index in [9.17, 15) is 19.5 Å². The van der Waals surface area contributed by atoms with Crippen molar-refractivity contribution in [2.24, 2.45) is 11.8 Å². The molecule has 1 unspecified atom stereocenters. The van der Waals surface area contributed by atoms with Gasteiger partial charge in [0.2, 0.25) is 5.91 Å². The first kappa shape index (κ1) is 25.8. The molecule has 1 N–H and O–H groups in total. The van der Waals surface area contributed by atoms with Crippen LogP contribution in [0.15, 0.2) is 78.9 Å². The maximum Gasteiger partial charge on any atom is 0.313 e. The van der Waals surface area contributed by atoms with Gasteiger partial charge in [0.1, 0.15) is 17.6 Å². The number of halogens is 1. The van der Waals surface area contributed by atoms with Crippen LogP contribution in [0.5, 0.6) is 0 Å². The van der Waals surface area contributed by atoms with Gasteiger partial charge in [-0.25, -0.2) is 0 Å². The molecule has 6 atom stereocenters. The summed E-state index contributed by atoms with van der Waals surface area (Å²) in [5.74, 6) is -3.40. The Kier molecular flexibility index (Phi) is 6.37. The van der Waals surface area contributed by atoms with Gasteiger partial charge in [-0.3, -0.25) is 14.4 Å². The van der Waals surface area contributed by atoms with Crippen LogP contribution in [0.4, 0.5) is 5.69 Å². The van der Waals surface area contributed by atoms with Gasteiger partial charge in [-0.15, -0.1) is 0 Å². The molecule has 0 aromatic heterocycles. The Morgan fingerprint density at radius 1 is 1.00 bits per heavy atom. The highest BCUT2D eigenvalue weighted by Crippen LogP contribution is 2.58. The van der Waals surface area contributed by atoms with Gasteiger partial charge in [0, 0.05) is 6.54 Å². The number of para-hydroxylation sites is 1. The molecule has 9 heteroatoms. The van der Waals surface area contributed by atoms with Crippen molar-refractivity contribution in [1.29, 1.82) is 0 Å². The minimum atomic E-state index is -1.47. The number of cyclic esters (lactones) is 1. The van der Waals surface area contributed by atoms with Gasteiger partial charge in [0.15, 0.2) is 0 Å². The molecule has 6 rings (SSSR count). The number of carbonyl (C=O) groups excluding carboxylic acids is 3. The number of ether oxygens (including phenoxy) is 2. The lowest BCUT2D eigenvalue weighted by atomic mass is 9.74. The molecule has 2 aromatic carbocycles. The smallest absolute Gasteiger partial charge is 0.313 e. The van der Waals surface area contributed by atoms with E-state index in [0.717, 1.165) is 0 Å². The van der Waals surface area contributed by atoms with E-state index in [1.165, 1.54) is 9.80 Å². The average molecular weight is 549 g/mol. The van der Waals surface area contributed by atoms with Gasteiger partial charge >= 0.3 is 5.97 Å². The second-order valence-corrected chi connectivity index (χ2v) is 10.9. The van der Waals surface area contributed by atoms with E-state index >= 15 is 0 Å². The van der Waals surface area contributed by atoms with Crippen molar-refractivity contribution in [3.63, 3.8) is 0 Å². The normalized spacial score (nSPS) is 32.6. The van der Waals surface area contributed by atoms with E-state index in [2.05, 4.69) is 0 Å². The number of esters is 1. The fourth-order valence-electron chi connectivity index (χ4n) is 6.68. The lowest BCUT2D eigenvalue weighted by Gasteiger charge is -2.40. The van der Waals surface area contributed by atoms with Crippen molar-refractivity contribution in [3.05, 3.63) is 89.5 Å². The van der Waals surface area contributed by atoms with Gasteiger partial charge in [0.05, 0.1) is 41.5 Å². The summed E-state index contributed by atoms with van der Waals surface area (Å²) in [5, 5.41) is 11.0. The lowest BCUT2D eigenvalue weighted by molar-refractivity contribution is -0.160. The topological polar surface area (TPSA) is 96.4 Å². The first-order chi connectivity index (χ1) is 18.8. The largest absolute Gasteiger partial charge is 0.465 e. The molecule has 2 amide bonds. The van der Waals surface area contributed by atoms with Crippen LogP contribution in [0.25, 0.3) is 0 Å². The summed E-state index contributed by atoms with van der Waals surface area (Å²) >= 11 is 6.52. The number of amides is 2. The first-order valence-corrected chi connectivity index (χ1v) is 13.5. The van der Waals surface area contributed by atoms with Gasteiger partial charge in [-0.2, -0.15) is 0 Å². The molecule has 4 heterocycles. The minimum absolute atomic E-state index is 0.190. The van der Waals surface area contributed by atoms with Crippen LogP contribution in [0, 0.1) is 11.8 Å². The number of likely N-dealkylation sites (tertiary alicyclic amines) is 1. The zero-order valence-electron chi connectivity index (χ0n) is 21.4. The van der Waals surface area contributed by atoms with Crippen molar-refractivity contribution >= 4 is 35.1 Å². The summed E-state index contributed by atoms with van der Waals surface area (Å²) in [6, 6.07) is 14.1. The predicted octanol–water partition coefficient (Wildman–Crippen LogP) is 3.45. The molecule has 202 valence electrons. The monoisotopic (exact) mass is 548 g/mol. The van der Waals surface area contributed by atoms with Crippen LogP contribution in [0.2, 0.25) is 5.02 Å². The van der Waals surface area contributed by atoms with Gasteiger partial charge in [0.25, 0.3) is 5.91 Å².